The maximum absolute atomic E-state index is 11.9. The largest absolute Gasteiger partial charge is 0.381 e. The van der Waals surface area contributed by atoms with Crippen LogP contribution in [0.4, 0.5) is 5.69 Å². The third-order valence-corrected chi connectivity index (χ3v) is 3.59. The summed E-state index contributed by atoms with van der Waals surface area (Å²) in [5.41, 5.74) is 0.318. The summed E-state index contributed by atoms with van der Waals surface area (Å²) in [7, 11) is 0. The van der Waals surface area contributed by atoms with Crippen molar-refractivity contribution in [2.45, 2.75) is 19.4 Å². The second kappa shape index (κ2) is 6.73. The van der Waals surface area contributed by atoms with Crippen molar-refractivity contribution in [3.63, 3.8) is 0 Å². The van der Waals surface area contributed by atoms with Gasteiger partial charge in [-0.2, -0.15) is 5.10 Å². The minimum atomic E-state index is -0.285. The Kier molecular flexibility index (Phi) is 4.99. The summed E-state index contributed by atoms with van der Waals surface area (Å²) in [4.78, 5) is 14.3. The van der Waals surface area contributed by atoms with E-state index in [2.05, 4.69) is 21.9 Å². The van der Waals surface area contributed by atoms with E-state index in [1.807, 2.05) is 0 Å². The Hall–Kier alpha value is -1.33. The molecule has 1 aliphatic rings. The van der Waals surface area contributed by atoms with Gasteiger partial charge in [0, 0.05) is 13.1 Å². The lowest BCUT2D eigenvalue weighted by Gasteiger charge is -2.15. The monoisotopic (exact) mass is 282 g/mol. The molecule has 0 saturated carbocycles. The summed E-state index contributed by atoms with van der Waals surface area (Å²) in [6, 6.07) is 0. The van der Waals surface area contributed by atoms with Gasteiger partial charge in [-0.1, -0.05) is 17.7 Å². The van der Waals surface area contributed by atoms with Crippen LogP contribution in [0, 0.1) is 0 Å². The number of allylic oxidation sites excluding steroid dienone is 1. The predicted molar refractivity (Wildman–Crippen MR) is 77.9 cm³/mol. The zero-order valence-electron chi connectivity index (χ0n) is 10.9. The molecule has 1 N–H and O–H groups in total. The Labute approximate surface area is 117 Å². The topological polar surface area (TPSA) is 50.2 Å². The average molecular weight is 283 g/mol. The second-order valence-corrected chi connectivity index (χ2v) is 5.00. The molecule has 2 rings (SSSR count). The highest BCUT2D eigenvalue weighted by Crippen LogP contribution is 2.15. The van der Waals surface area contributed by atoms with E-state index in [0.29, 0.717) is 12.2 Å². The molecule has 5 nitrogen and oxygen atoms in total. The molecule has 0 amide bonds. The highest BCUT2D eigenvalue weighted by Gasteiger charge is 2.12. The average Bonchev–Trinajstić information content (AvgIpc) is 2.91. The van der Waals surface area contributed by atoms with Crippen molar-refractivity contribution in [1.29, 1.82) is 0 Å². The Morgan fingerprint density at radius 1 is 1.47 bits per heavy atom. The molecule has 0 spiro atoms. The number of hydrogen-bond donors (Lipinski definition) is 1. The van der Waals surface area contributed by atoms with Gasteiger partial charge in [0.2, 0.25) is 0 Å². The molecule has 0 bridgehead atoms. The van der Waals surface area contributed by atoms with E-state index in [4.69, 9.17) is 11.6 Å². The molecule has 104 valence electrons. The number of aromatic nitrogens is 2. The Morgan fingerprint density at radius 2 is 2.21 bits per heavy atom. The van der Waals surface area contributed by atoms with E-state index < -0.39 is 0 Å². The van der Waals surface area contributed by atoms with Gasteiger partial charge < -0.3 is 10.2 Å². The number of rotatable bonds is 6. The van der Waals surface area contributed by atoms with E-state index in [0.717, 1.165) is 26.2 Å². The fourth-order valence-corrected chi connectivity index (χ4v) is 2.41. The number of likely N-dealkylation sites (tertiary alicyclic amines) is 1. The zero-order chi connectivity index (χ0) is 13.7. The van der Waals surface area contributed by atoms with Gasteiger partial charge in [0.1, 0.15) is 5.02 Å². The van der Waals surface area contributed by atoms with Crippen LogP contribution < -0.4 is 10.9 Å². The molecular formula is C13H19ClN4O. The van der Waals surface area contributed by atoms with Crippen LogP contribution in [0.5, 0.6) is 0 Å². The van der Waals surface area contributed by atoms with Crippen LogP contribution in [0.2, 0.25) is 5.02 Å². The SMILES string of the molecule is C=CCn1ncc(NCCN2CCCC2)c(Cl)c1=O. The number of halogens is 1. The zero-order valence-corrected chi connectivity index (χ0v) is 11.7. The van der Waals surface area contributed by atoms with Gasteiger partial charge >= 0.3 is 0 Å². The second-order valence-electron chi connectivity index (χ2n) is 4.62. The summed E-state index contributed by atoms with van der Waals surface area (Å²) in [6.45, 7) is 8.00. The molecule has 0 atom stereocenters. The molecule has 0 unspecified atom stereocenters. The molecule has 0 radical (unpaired) electrons. The molecule has 0 aliphatic carbocycles. The predicted octanol–water partition coefficient (Wildman–Crippen LogP) is 1.59. The summed E-state index contributed by atoms with van der Waals surface area (Å²) < 4.78 is 1.29. The van der Waals surface area contributed by atoms with Crippen LogP contribution >= 0.6 is 11.6 Å². The number of hydrogen-bond acceptors (Lipinski definition) is 4. The smallest absolute Gasteiger partial charge is 0.287 e. The first-order chi connectivity index (χ1) is 9.22. The van der Waals surface area contributed by atoms with Crippen LogP contribution in [0.15, 0.2) is 23.6 Å². The van der Waals surface area contributed by atoms with Gasteiger partial charge in [-0.25, -0.2) is 4.68 Å². The molecule has 1 fully saturated rings. The first kappa shape index (κ1) is 14.1. The third kappa shape index (κ3) is 3.58. The first-order valence-corrected chi connectivity index (χ1v) is 6.93. The number of nitrogens with one attached hydrogen (secondary N) is 1. The molecule has 0 aromatic carbocycles. The first-order valence-electron chi connectivity index (χ1n) is 6.55. The van der Waals surface area contributed by atoms with Crippen LogP contribution in [0.25, 0.3) is 0 Å². The van der Waals surface area contributed by atoms with Crippen LogP contribution in [0.3, 0.4) is 0 Å². The van der Waals surface area contributed by atoms with Crippen molar-refractivity contribution < 1.29 is 0 Å². The van der Waals surface area contributed by atoms with Gasteiger partial charge in [-0.15, -0.1) is 6.58 Å². The van der Waals surface area contributed by atoms with Gasteiger partial charge in [0.25, 0.3) is 5.56 Å². The minimum Gasteiger partial charge on any atom is -0.381 e. The molecule has 2 heterocycles. The lowest BCUT2D eigenvalue weighted by atomic mass is 10.4. The van der Waals surface area contributed by atoms with Crippen molar-refractivity contribution in [1.82, 2.24) is 14.7 Å². The van der Waals surface area contributed by atoms with Crippen LogP contribution in [-0.4, -0.2) is 40.9 Å². The van der Waals surface area contributed by atoms with Crippen molar-refractivity contribution in [3.8, 4) is 0 Å². The molecule has 1 aliphatic heterocycles. The number of anilines is 1. The van der Waals surface area contributed by atoms with Crippen molar-refractivity contribution >= 4 is 17.3 Å². The summed E-state index contributed by atoms with van der Waals surface area (Å²) >= 11 is 6.05. The third-order valence-electron chi connectivity index (χ3n) is 3.23. The maximum atomic E-state index is 11.9. The molecule has 1 aromatic heterocycles. The number of nitrogens with zero attached hydrogens (tertiary/aromatic N) is 3. The van der Waals surface area contributed by atoms with Crippen molar-refractivity contribution in [2.24, 2.45) is 0 Å². The van der Waals surface area contributed by atoms with Gasteiger partial charge in [-0.3, -0.25) is 4.79 Å². The molecule has 1 aromatic rings. The Morgan fingerprint density at radius 3 is 2.89 bits per heavy atom. The van der Waals surface area contributed by atoms with Gasteiger partial charge in [0.15, 0.2) is 0 Å². The lowest BCUT2D eigenvalue weighted by molar-refractivity contribution is 0.352. The standard InChI is InChI=1S/C13H19ClN4O/c1-2-6-18-13(19)12(14)11(10-16-18)15-5-9-17-7-3-4-8-17/h2,10,15H,1,3-9H2. The Bertz CT molecular complexity index is 494. The normalized spacial score (nSPS) is 15.6. The van der Waals surface area contributed by atoms with E-state index in [-0.39, 0.29) is 10.6 Å². The van der Waals surface area contributed by atoms with E-state index in [9.17, 15) is 4.79 Å². The highest BCUT2D eigenvalue weighted by atomic mass is 35.5. The highest BCUT2D eigenvalue weighted by molar-refractivity contribution is 6.32. The Balaban J connectivity index is 1.94. The molecule has 6 heteroatoms. The molecule has 19 heavy (non-hydrogen) atoms. The minimum absolute atomic E-state index is 0.193. The summed E-state index contributed by atoms with van der Waals surface area (Å²) in [6.07, 6.45) is 5.77. The van der Waals surface area contributed by atoms with Crippen LogP contribution in [0.1, 0.15) is 12.8 Å². The molecule has 1 saturated heterocycles. The fourth-order valence-electron chi connectivity index (χ4n) is 2.20. The molecular weight excluding hydrogens is 264 g/mol. The van der Waals surface area contributed by atoms with Gasteiger partial charge in [0.05, 0.1) is 18.4 Å². The maximum Gasteiger partial charge on any atom is 0.287 e. The van der Waals surface area contributed by atoms with Gasteiger partial charge in [-0.05, 0) is 25.9 Å². The van der Waals surface area contributed by atoms with E-state index in [1.165, 1.54) is 17.5 Å². The fraction of sp³-hybridized carbons (Fsp3) is 0.538. The van der Waals surface area contributed by atoms with E-state index in [1.54, 1.807) is 12.3 Å². The summed E-state index contributed by atoms with van der Waals surface area (Å²) in [5, 5.41) is 7.42. The van der Waals surface area contributed by atoms with Crippen LogP contribution in [-0.2, 0) is 6.54 Å². The lowest BCUT2D eigenvalue weighted by Crippen LogP contribution is -2.27. The summed E-state index contributed by atoms with van der Waals surface area (Å²) in [5.74, 6) is 0. The van der Waals surface area contributed by atoms with Crippen molar-refractivity contribution in [2.75, 3.05) is 31.5 Å². The van der Waals surface area contributed by atoms with E-state index >= 15 is 0 Å². The quantitative estimate of drug-likeness (QED) is 0.805. The van der Waals surface area contributed by atoms with Crippen molar-refractivity contribution in [3.05, 3.63) is 34.2 Å².